The summed E-state index contributed by atoms with van der Waals surface area (Å²) in [7, 11) is 0. The minimum Gasteiger partial charge on any atom is -0.451 e. The van der Waals surface area contributed by atoms with Gasteiger partial charge in [-0.25, -0.2) is 4.79 Å². The molecular formula is C23H26N2O4. The Labute approximate surface area is 171 Å². The molecule has 0 unspecified atom stereocenters. The standard InChI is InChI=1S/C23H26N2O4/c1-4-20(19-12-10-16(2)11-13-19)25-22(27)15-29-23(28)21(24-17(3)26)14-18-8-6-5-7-9-18/h5-14,20H,4,15H2,1-3H3,(H,24,26)(H,25,27)/b21-14-/t20-/m1/s1. The van der Waals surface area contributed by atoms with Crippen LogP contribution in [0.4, 0.5) is 0 Å². The molecule has 0 saturated heterocycles. The first-order valence-corrected chi connectivity index (χ1v) is 9.46. The quantitative estimate of drug-likeness (QED) is 0.532. The number of carbonyl (C=O) groups excluding carboxylic acids is 3. The molecule has 0 aromatic heterocycles. The lowest BCUT2D eigenvalue weighted by molar-refractivity contribution is -0.145. The third kappa shape index (κ3) is 7.25. The topological polar surface area (TPSA) is 84.5 Å². The molecule has 0 saturated carbocycles. The molecule has 2 aromatic rings. The van der Waals surface area contributed by atoms with Crippen LogP contribution in [0.3, 0.4) is 0 Å². The third-order valence-corrected chi connectivity index (χ3v) is 4.20. The maximum absolute atomic E-state index is 12.4. The molecule has 1 atom stereocenters. The van der Waals surface area contributed by atoms with Gasteiger partial charge in [0.25, 0.3) is 5.91 Å². The fourth-order valence-corrected chi connectivity index (χ4v) is 2.72. The number of hydrogen-bond donors (Lipinski definition) is 2. The van der Waals surface area contributed by atoms with E-state index in [1.54, 1.807) is 12.1 Å². The highest BCUT2D eigenvalue weighted by atomic mass is 16.5. The lowest BCUT2D eigenvalue weighted by Crippen LogP contribution is -2.34. The first-order chi connectivity index (χ1) is 13.9. The van der Waals surface area contributed by atoms with Gasteiger partial charge in [-0.1, -0.05) is 67.1 Å². The zero-order valence-electron chi connectivity index (χ0n) is 16.9. The monoisotopic (exact) mass is 394 g/mol. The second kappa shape index (κ2) is 10.8. The molecule has 0 aliphatic heterocycles. The van der Waals surface area contributed by atoms with Crippen LogP contribution >= 0.6 is 0 Å². The molecule has 0 bridgehead atoms. The number of aryl methyl sites for hydroxylation is 1. The van der Waals surface area contributed by atoms with Crippen LogP contribution in [-0.4, -0.2) is 24.4 Å². The predicted octanol–water partition coefficient (Wildman–Crippen LogP) is 3.28. The van der Waals surface area contributed by atoms with Gasteiger partial charge in [-0.2, -0.15) is 0 Å². The van der Waals surface area contributed by atoms with Gasteiger partial charge in [0.1, 0.15) is 5.70 Å². The zero-order valence-corrected chi connectivity index (χ0v) is 16.9. The smallest absolute Gasteiger partial charge is 0.355 e. The van der Waals surface area contributed by atoms with Crippen LogP contribution in [0, 0.1) is 6.92 Å². The second-order valence-electron chi connectivity index (χ2n) is 6.67. The van der Waals surface area contributed by atoms with Crippen molar-refractivity contribution in [1.29, 1.82) is 0 Å². The van der Waals surface area contributed by atoms with Gasteiger partial charge in [-0.3, -0.25) is 9.59 Å². The highest BCUT2D eigenvalue weighted by Crippen LogP contribution is 2.17. The van der Waals surface area contributed by atoms with Crippen molar-refractivity contribution in [2.24, 2.45) is 0 Å². The summed E-state index contributed by atoms with van der Waals surface area (Å²) in [5, 5.41) is 5.32. The van der Waals surface area contributed by atoms with Gasteiger partial charge < -0.3 is 15.4 Å². The molecule has 0 heterocycles. The summed E-state index contributed by atoms with van der Waals surface area (Å²) in [4.78, 5) is 36.0. The second-order valence-corrected chi connectivity index (χ2v) is 6.67. The number of carbonyl (C=O) groups is 3. The Morgan fingerprint density at radius 2 is 1.69 bits per heavy atom. The normalized spacial score (nSPS) is 12.0. The minimum atomic E-state index is -0.775. The Morgan fingerprint density at radius 1 is 1.03 bits per heavy atom. The first kappa shape index (κ1) is 21.9. The summed E-state index contributed by atoms with van der Waals surface area (Å²) < 4.78 is 5.11. The van der Waals surface area contributed by atoms with Crippen LogP contribution in [0.25, 0.3) is 6.08 Å². The minimum absolute atomic E-state index is 0.0259. The summed E-state index contributed by atoms with van der Waals surface area (Å²) in [5.74, 6) is -1.59. The van der Waals surface area contributed by atoms with Gasteiger partial charge in [0, 0.05) is 6.92 Å². The van der Waals surface area contributed by atoms with Crippen LogP contribution in [-0.2, 0) is 19.1 Å². The van der Waals surface area contributed by atoms with E-state index < -0.39 is 24.4 Å². The first-order valence-electron chi connectivity index (χ1n) is 9.46. The van der Waals surface area contributed by atoms with Crippen LogP contribution in [0.15, 0.2) is 60.3 Å². The number of nitrogens with one attached hydrogen (secondary N) is 2. The van der Waals surface area contributed by atoms with E-state index in [-0.39, 0.29) is 11.7 Å². The van der Waals surface area contributed by atoms with E-state index in [2.05, 4.69) is 10.6 Å². The molecule has 0 fully saturated rings. The number of hydrogen-bond acceptors (Lipinski definition) is 4. The molecule has 2 amide bonds. The number of benzene rings is 2. The number of esters is 1. The largest absolute Gasteiger partial charge is 0.451 e. The Morgan fingerprint density at radius 3 is 2.28 bits per heavy atom. The van der Waals surface area contributed by atoms with Gasteiger partial charge >= 0.3 is 5.97 Å². The molecule has 2 N–H and O–H groups in total. The van der Waals surface area contributed by atoms with Gasteiger partial charge in [0.15, 0.2) is 6.61 Å². The van der Waals surface area contributed by atoms with Gasteiger partial charge in [0.2, 0.25) is 5.91 Å². The highest BCUT2D eigenvalue weighted by Gasteiger charge is 2.17. The molecule has 2 aromatic carbocycles. The molecule has 0 aliphatic rings. The summed E-state index contributed by atoms with van der Waals surface area (Å²) in [6.07, 6.45) is 2.20. The summed E-state index contributed by atoms with van der Waals surface area (Å²) in [6, 6.07) is 16.8. The Balaban J connectivity index is 1.99. The van der Waals surface area contributed by atoms with Crippen LogP contribution in [0.5, 0.6) is 0 Å². The van der Waals surface area contributed by atoms with Crippen molar-refractivity contribution in [3.8, 4) is 0 Å². The van der Waals surface area contributed by atoms with E-state index in [0.717, 1.165) is 16.7 Å². The average molecular weight is 394 g/mol. The molecule has 2 rings (SSSR count). The third-order valence-electron chi connectivity index (χ3n) is 4.20. The maximum Gasteiger partial charge on any atom is 0.355 e. The molecule has 29 heavy (non-hydrogen) atoms. The van der Waals surface area contributed by atoms with Crippen molar-refractivity contribution >= 4 is 23.9 Å². The van der Waals surface area contributed by atoms with Gasteiger partial charge in [-0.05, 0) is 30.5 Å². The van der Waals surface area contributed by atoms with Crippen molar-refractivity contribution in [2.45, 2.75) is 33.2 Å². The van der Waals surface area contributed by atoms with Crippen molar-refractivity contribution in [2.75, 3.05) is 6.61 Å². The predicted molar refractivity (Wildman–Crippen MR) is 112 cm³/mol. The van der Waals surface area contributed by atoms with E-state index in [0.29, 0.717) is 6.42 Å². The lowest BCUT2D eigenvalue weighted by atomic mass is 10.0. The summed E-state index contributed by atoms with van der Waals surface area (Å²) in [6.45, 7) is 4.83. The number of ether oxygens (including phenoxy) is 1. The Bertz CT molecular complexity index is 874. The van der Waals surface area contributed by atoms with Crippen LogP contribution in [0.1, 0.15) is 43.0 Å². The lowest BCUT2D eigenvalue weighted by Gasteiger charge is -2.18. The average Bonchev–Trinajstić information content (AvgIpc) is 2.71. The molecule has 152 valence electrons. The van der Waals surface area contributed by atoms with E-state index in [4.69, 9.17) is 4.74 Å². The van der Waals surface area contributed by atoms with Crippen molar-refractivity contribution in [3.63, 3.8) is 0 Å². The van der Waals surface area contributed by atoms with Gasteiger partial charge in [-0.15, -0.1) is 0 Å². The van der Waals surface area contributed by atoms with E-state index >= 15 is 0 Å². The van der Waals surface area contributed by atoms with E-state index in [1.807, 2.05) is 56.3 Å². The van der Waals surface area contributed by atoms with Crippen molar-refractivity contribution in [1.82, 2.24) is 10.6 Å². The summed E-state index contributed by atoms with van der Waals surface area (Å²) in [5.41, 5.74) is 2.82. The van der Waals surface area contributed by atoms with E-state index in [1.165, 1.54) is 13.0 Å². The Kier molecular flexibility index (Phi) is 8.15. The molecule has 0 radical (unpaired) electrons. The SMILES string of the molecule is CC[C@@H](NC(=O)COC(=O)/C(=C/c1ccccc1)NC(C)=O)c1ccc(C)cc1. The maximum atomic E-state index is 12.4. The van der Waals surface area contributed by atoms with Crippen molar-refractivity contribution < 1.29 is 19.1 Å². The van der Waals surface area contributed by atoms with Crippen molar-refractivity contribution in [3.05, 3.63) is 77.0 Å². The number of rotatable bonds is 8. The molecule has 0 spiro atoms. The number of amides is 2. The molecule has 6 nitrogen and oxygen atoms in total. The van der Waals surface area contributed by atoms with Crippen LogP contribution in [0.2, 0.25) is 0 Å². The van der Waals surface area contributed by atoms with Crippen LogP contribution < -0.4 is 10.6 Å². The molecule has 0 aliphatic carbocycles. The molecule has 6 heteroatoms. The molecular weight excluding hydrogens is 368 g/mol. The highest BCUT2D eigenvalue weighted by molar-refractivity contribution is 5.98. The fraction of sp³-hybridized carbons (Fsp3) is 0.261. The zero-order chi connectivity index (χ0) is 21.2. The van der Waals surface area contributed by atoms with Gasteiger partial charge in [0.05, 0.1) is 6.04 Å². The fourth-order valence-electron chi connectivity index (χ4n) is 2.72. The Hall–Kier alpha value is -3.41. The summed E-state index contributed by atoms with van der Waals surface area (Å²) >= 11 is 0. The van der Waals surface area contributed by atoms with E-state index in [9.17, 15) is 14.4 Å².